The summed E-state index contributed by atoms with van der Waals surface area (Å²) in [6.07, 6.45) is -4.79. The molecular weight excluding hydrogens is 409 g/mol. The molecule has 0 spiro atoms. The predicted octanol–water partition coefficient (Wildman–Crippen LogP) is 2.49. The summed E-state index contributed by atoms with van der Waals surface area (Å²) in [5.41, 5.74) is 0.904. The minimum Gasteiger partial charge on any atom is -0.405 e. The van der Waals surface area contributed by atoms with Gasteiger partial charge in [-0.2, -0.15) is 0 Å². The maximum atomic E-state index is 12.5. The molecular formula is C18H21F3N4O3S. The maximum Gasteiger partial charge on any atom is 0.573 e. The molecule has 2 rings (SSSR count). The van der Waals surface area contributed by atoms with Gasteiger partial charge in [0.25, 0.3) is 0 Å². The van der Waals surface area contributed by atoms with E-state index in [1.54, 1.807) is 18.2 Å². The Morgan fingerprint density at radius 2 is 1.86 bits per heavy atom. The molecule has 158 valence electrons. The molecule has 0 fully saturated rings. The van der Waals surface area contributed by atoms with Crippen molar-refractivity contribution >= 4 is 16.0 Å². The fraction of sp³-hybridized carbons (Fsp3) is 0.278. The van der Waals surface area contributed by atoms with Gasteiger partial charge in [0.2, 0.25) is 10.0 Å². The Bertz CT molecular complexity index is 963. The van der Waals surface area contributed by atoms with E-state index in [1.807, 2.05) is 6.92 Å². The van der Waals surface area contributed by atoms with Crippen LogP contribution in [0.1, 0.15) is 18.1 Å². The van der Waals surface area contributed by atoms with E-state index in [1.165, 1.54) is 30.3 Å². The Hall–Kier alpha value is -2.79. The number of para-hydroxylation sites is 1. The second kappa shape index (κ2) is 9.61. The molecule has 0 atom stereocenters. The maximum absolute atomic E-state index is 12.5. The van der Waals surface area contributed by atoms with Crippen LogP contribution in [0.2, 0.25) is 0 Å². The van der Waals surface area contributed by atoms with E-state index in [2.05, 4.69) is 20.4 Å². The number of hydrogen-bond donors (Lipinski definition) is 3. The number of guanidine groups is 1. The van der Waals surface area contributed by atoms with Gasteiger partial charge in [0.05, 0.1) is 11.4 Å². The summed E-state index contributed by atoms with van der Waals surface area (Å²) in [4.78, 5) is 4.30. The Kier molecular flexibility index (Phi) is 7.46. The summed E-state index contributed by atoms with van der Waals surface area (Å²) < 4.78 is 64.5. The Labute approximate surface area is 166 Å². The average Bonchev–Trinajstić information content (AvgIpc) is 2.63. The van der Waals surface area contributed by atoms with Gasteiger partial charge in [-0.05, 0) is 30.7 Å². The fourth-order valence-electron chi connectivity index (χ4n) is 2.39. The first kappa shape index (κ1) is 22.5. The lowest BCUT2D eigenvalue weighted by atomic mass is 10.2. The molecule has 0 aliphatic heterocycles. The van der Waals surface area contributed by atoms with Crippen LogP contribution >= 0.6 is 0 Å². The molecule has 7 nitrogen and oxygen atoms in total. The minimum atomic E-state index is -4.79. The predicted molar refractivity (Wildman–Crippen MR) is 103 cm³/mol. The highest BCUT2D eigenvalue weighted by Crippen LogP contribution is 2.26. The Morgan fingerprint density at radius 3 is 2.52 bits per heavy atom. The minimum absolute atomic E-state index is 0.0265. The molecule has 0 saturated carbocycles. The number of halogens is 3. The van der Waals surface area contributed by atoms with Crippen molar-refractivity contribution in [1.82, 2.24) is 10.6 Å². The van der Waals surface area contributed by atoms with Gasteiger partial charge in [-0.3, -0.25) is 0 Å². The highest BCUT2D eigenvalue weighted by molar-refractivity contribution is 7.89. The molecule has 0 unspecified atom stereocenters. The molecule has 4 N–H and O–H groups in total. The SMILES string of the molecule is CCNC(=NCc1cccc(S(N)(=O)=O)c1)NCc1ccccc1OC(F)(F)F. The second-order valence-electron chi connectivity index (χ2n) is 5.90. The first-order chi connectivity index (χ1) is 13.6. The zero-order valence-corrected chi connectivity index (χ0v) is 16.3. The van der Waals surface area contributed by atoms with Gasteiger partial charge in [-0.15, -0.1) is 13.2 Å². The molecule has 2 aromatic rings. The van der Waals surface area contributed by atoms with Gasteiger partial charge in [-0.1, -0.05) is 30.3 Å². The summed E-state index contributed by atoms with van der Waals surface area (Å²) in [7, 11) is -3.83. The van der Waals surface area contributed by atoms with Gasteiger partial charge in [0.1, 0.15) is 5.75 Å². The number of primary sulfonamides is 1. The molecule has 29 heavy (non-hydrogen) atoms. The van der Waals surface area contributed by atoms with Crippen molar-refractivity contribution in [3.63, 3.8) is 0 Å². The lowest BCUT2D eigenvalue weighted by Crippen LogP contribution is -2.37. The van der Waals surface area contributed by atoms with Gasteiger partial charge in [-0.25, -0.2) is 18.5 Å². The van der Waals surface area contributed by atoms with Crippen LogP contribution in [0.15, 0.2) is 58.4 Å². The smallest absolute Gasteiger partial charge is 0.405 e. The largest absolute Gasteiger partial charge is 0.573 e. The van der Waals surface area contributed by atoms with E-state index < -0.39 is 16.4 Å². The molecule has 0 aliphatic carbocycles. The monoisotopic (exact) mass is 430 g/mol. The number of nitrogens with one attached hydrogen (secondary N) is 2. The number of nitrogens with two attached hydrogens (primary N) is 1. The van der Waals surface area contributed by atoms with Crippen LogP contribution < -0.4 is 20.5 Å². The number of sulfonamides is 1. The quantitative estimate of drug-likeness (QED) is 0.462. The number of benzene rings is 2. The third kappa shape index (κ3) is 7.62. The topological polar surface area (TPSA) is 106 Å². The lowest BCUT2D eigenvalue weighted by molar-refractivity contribution is -0.274. The number of nitrogens with zero attached hydrogens (tertiary/aromatic N) is 1. The normalized spacial score (nSPS) is 12.5. The van der Waals surface area contributed by atoms with E-state index in [9.17, 15) is 21.6 Å². The van der Waals surface area contributed by atoms with Crippen LogP contribution in [0.25, 0.3) is 0 Å². The van der Waals surface area contributed by atoms with Crippen LogP contribution in [0, 0.1) is 0 Å². The van der Waals surface area contributed by atoms with Crippen LogP contribution in [-0.2, 0) is 23.1 Å². The molecule has 2 aromatic carbocycles. The van der Waals surface area contributed by atoms with E-state index in [4.69, 9.17) is 5.14 Å². The molecule has 0 aliphatic rings. The third-order valence-electron chi connectivity index (χ3n) is 3.64. The third-order valence-corrected chi connectivity index (χ3v) is 4.55. The number of rotatable bonds is 7. The number of ether oxygens (including phenoxy) is 1. The first-order valence-corrected chi connectivity index (χ1v) is 10.1. The van der Waals surface area contributed by atoms with Gasteiger partial charge >= 0.3 is 6.36 Å². The summed E-state index contributed by atoms with van der Waals surface area (Å²) in [6, 6.07) is 11.8. The van der Waals surface area contributed by atoms with E-state index >= 15 is 0 Å². The van der Waals surface area contributed by atoms with Crippen LogP contribution in [0.4, 0.5) is 13.2 Å². The summed E-state index contributed by atoms with van der Waals surface area (Å²) >= 11 is 0. The average molecular weight is 430 g/mol. The van der Waals surface area contributed by atoms with Crippen molar-refractivity contribution in [3.8, 4) is 5.75 Å². The second-order valence-corrected chi connectivity index (χ2v) is 7.46. The zero-order chi connectivity index (χ0) is 21.5. The van der Waals surface area contributed by atoms with Crippen molar-refractivity contribution < 1.29 is 26.3 Å². The highest BCUT2D eigenvalue weighted by Gasteiger charge is 2.31. The van der Waals surface area contributed by atoms with Gasteiger partial charge in [0.15, 0.2) is 5.96 Å². The zero-order valence-electron chi connectivity index (χ0n) is 15.5. The molecule has 0 heterocycles. The fourth-order valence-corrected chi connectivity index (χ4v) is 2.97. The first-order valence-electron chi connectivity index (χ1n) is 8.56. The number of aliphatic imine (C=N–C) groups is 1. The van der Waals surface area contributed by atoms with E-state index in [0.29, 0.717) is 23.6 Å². The van der Waals surface area contributed by atoms with Crippen LogP contribution in [0.3, 0.4) is 0 Å². The van der Waals surface area contributed by atoms with Gasteiger partial charge in [0, 0.05) is 18.7 Å². The van der Waals surface area contributed by atoms with E-state index in [-0.39, 0.29) is 23.7 Å². The van der Waals surface area contributed by atoms with Crippen molar-refractivity contribution in [2.24, 2.45) is 10.1 Å². The molecule has 0 aromatic heterocycles. The standard InChI is InChI=1S/C18H21F3N4O3S/c1-2-23-17(24-11-13-6-5-8-15(10-13)29(22,26)27)25-12-14-7-3-4-9-16(14)28-18(19,20)21/h3-10H,2,11-12H2,1H3,(H2,22,26,27)(H2,23,24,25). The summed E-state index contributed by atoms with van der Waals surface area (Å²) in [6.45, 7) is 2.53. The Morgan fingerprint density at radius 1 is 1.14 bits per heavy atom. The number of hydrogen-bond acceptors (Lipinski definition) is 4. The summed E-state index contributed by atoms with van der Waals surface area (Å²) in [5.74, 6) is 0.0412. The molecule has 0 amide bonds. The van der Waals surface area contributed by atoms with Crippen molar-refractivity contribution in [2.45, 2.75) is 31.3 Å². The Balaban J connectivity index is 2.11. The van der Waals surface area contributed by atoms with Gasteiger partial charge < -0.3 is 15.4 Å². The number of alkyl halides is 3. The molecule has 0 radical (unpaired) electrons. The van der Waals surface area contributed by atoms with E-state index in [0.717, 1.165) is 0 Å². The summed E-state index contributed by atoms with van der Waals surface area (Å²) in [5, 5.41) is 11.0. The van der Waals surface area contributed by atoms with Crippen molar-refractivity contribution in [3.05, 3.63) is 59.7 Å². The van der Waals surface area contributed by atoms with Crippen LogP contribution in [-0.4, -0.2) is 27.3 Å². The molecule has 0 bridgehead atoms. The molecule has 0 saturated heterocycles. The lowest BCUT2D eigenvalue weighted by Gasteiger charge is -2.15. The van der Waals surface area contributed by atoms with Crippen molar-refractivity contribution in [2.75, 3.05) is 6.54 Å². The van der Waals surface area contributed by atoms with Crippen LogP contribution in [0.5, 0.6) is 5.75 Å². The van der Waals surface area contributed by atoms with Crippen molar-refractivity contribution in [1.29, 1.82) is 0 Å². The molecule has 11 heteroatoms. The highest BCUT2D eigenvalue weighted by atomic mass is 32.2.